The Kier molecular flexibility index (Phi) is 14.5. The van der Waals surface area contributed by atoms with Crippen LogP contribution in [0.3, 0.4) is 0 Å². The molecule has 19 heteroatoms. The number of aliphatic carboxylic acids is 2. The predicted octanol–water partition coefficient (Wildman–Crippen LogP) is -4.61. The topological polar surface area (TPSA) is 310 Å². The number of carboxylic acid groups (broad SMARTS) is 2. The standard InChI is InChI=1S/C21H34N10O8S/c22-11(2-1-3-26-21(23)24)17(35)27-7-15(32)29-13(5-16(33)34)19(37)30-12(4-10-6-25-9-28-10)18(36)31-14(8-40)20(38)39/h6,9,11-14,40H,1-5,7-8,22H2,(H,25,28)(H,27,35)(H,29,32)(H,30,37)(H,31,36)(H,33,34)(H,38,39)(H4,23,24,26)/t11-,12-,13-,14-/m0/s1. The van der Waals surface area contributed by atoms with Gasteiger partial charge >= 0.3 is 11.9 Å². The van der Waals surface area contributed by atoms with Crippen LogP contribution in [0.5, 0.6) is 0 Å². The molecular formula is C21H34N10O8S. The summed E-state index contributed by atoms with van der Waals surface area (Å²) >= 11 is 3.88. The Balaban J connectivity index is 2.84. The van der Waals surface area contributed by atoms with Crippen LogP contribution in [-0.4, -0.2) is 105 Å². The van der Waals surface area contributed by atoms with Crippen LogP contribution in [0.25, 0.3) is 0 Å². The highest BCUT2D eigenvalue weighted by atomic mass is 32.1. The number of H-pyrrole nitrogens is 1. The van der Waals surface area contributed by atoms with Crippen LogP contribution in [0.2, 0.25) is 0 Å². The van der Waals surface area contributed by atoms with E-state index in [0.717, 1.165) is 0 Å². The number of nitrogens with one attached hydrogen (secondary N) is 5. The Hall–Kier alpha value is -4.39. The Bertz CT molecular complexity index is 1060. The fourth-order valence-electron chi connectivity index (χ4n) is 3.13. The Morgan fingerprint density at radius 3 is 2.20 bits per heavy atom. The van der Waals surface area contributed by atoms with Crippen molar-refractivity contribution in [3.8, 4) is 0 Å². The molecule has 18 nitrogen and oxygen atoms in total. The molecule has 222 valence electrons. The van der Waals surface area contributed by atoms with Gasteiger partial charge < -0.3 is 53.7 Å². The third-order valence-corrected chi connectivity index (χ3v) is 5.53. The first-order chi connectivity index (χ1) is 18.8. The van der Waals surface area contributed by atoms with Crippen molar-refractivity contribution in [2.24, 2.45) is 22.2 Å². The normalized spacial score (nSPS) is 13.6. The molecule has 0 aliphatic carbocycles. The van der Waals surface area contributed by atoms with Gasteiger partial charge in [-0.05, 0) is 12.8 Å². The highest BCUT2D eigenvalue weighted by molar-refractivity contribution is 7.80. The number of aromatic amines is 1. The van der Waals surface area contributed by atoms with Crippen LogP contribution in [-0.2, 0) is 35.2 Å². The highest BCUT2D eigenvalue weighted by Crippen LogP contribution is 2.03. The molecule has 0 bridgehead atoms. The van der Waals surface area contributed by atoms with Crippen molar-refractivity contribution in [1.29, 1.82) is 0 Å². The first-order valence-electron chi connectivity index (χ1n) is 11.9. The number of thiol groups is 1. The number of amides is 4. The fourth-order valence-corrected chi connectivity index (χ4v) is 3.38. The van der Waals surface area contributed by atoms with E-state index in [-0.39, 0.29) is 31.1 Å². The molecule has 1 aromatic rings. The van der Waals surface area contributed by atoms with E-state index in [1.54, 1.807) is 0 Å². The van der Waals surface area contributed by atoms with Crippen molar-refractivity contribution in [2.45, 2.75) is 49.9 Å². The second kappa shape index (κ2) is 17.2. The minimum atomic E-state index is -1.65. The van der Waals surface area contributed by atoms with E-state index >= 15 is 0 Å². The van der Waals surface area contributed by atoms with E-state index in [1.807, 2.05) is 0 Å². The number of carbonyl (C=O) groups excluding carboxylic acids is 4. The van der Waals surface area contributed by atoms with Gasteiger partial charge in [0.15, 0.2) is 5.96 Å². The van der Waals surface area contributed by atoms with E-state index < -0.39 is 72.7 Å². The van der Waals surface area contributed by atoms with Crippen molar-refractivity contribution >= 4 is 54.2 Å². The number of imidazole rings is 1. The maximum absolute atomic E-state index is 12.9. The van der Waals surface area contributed by atoms with Crippen molar-refractivity contribution in [2.75, 3.05) is 18.8 Å². The number of rotatable bonds is 18. The first-order valence-corrected chi connectivity index (χ1v) is 12.5. The number of hydrogen-bond acceptors (Lipinski definition) is 10. The summed E-state index contributed by atoms with van der Waals surface area (Å²) in [4.78, 5) is 83.1. The van der Waals surface area contributed by atoms with Gasteiger partial charge in [0.1, 0.15) is 18.1 Å². The van der Waals surface area contributed by atoms with Crippen LogP contribution in [0.1, 0.15) is 25.0 Å². The second-order valence-electron chi connectivity index (χ2n) is 8.42. The van der Waals surface area contributed by atoms with Crippen LogP contribution in [0.15, 0.2) is 17.5 Å². The van der Waals surface area contributed by atoms with Gasteiger partial charge in [0.2, 0.25) is 23.6 Å². The van der Waals surface area contributed by atoms with E-state index in [2.05, 4.69) is 48.9 Å². The molecule has 13 N–H and O–H groups in total. The van der Waals surface area contributed by atoms with Crippen LogP contribution >= 0.6 is 12.6 Å². The molecule has 1 aromatic heterocycles. The zero-order valence-electron chi connectivity index (χ0n) is 21.3. The van der Waals surface area contributed by atoms with Gasteiger partial charge in [-0.25, -0.2) is 9.78 Å². The summed E-state index contributed by atoms with van der Waals surface area (Å²) in [6.45, 7) is -0.370. The van der Waals surface area contributed by atoms with E-state index in [9.17, 15) is 39.0 Å². The van der Waals surface area contributed by atoms with Gasteiger partial charge in [0, 0.05) is 30.6 Å². The zero-order valence-corrected chi connectivity index (χ0v) is 22.2. The summed E-state index contributed by atoms with van der Waals surface area (Å²) in [6.07, 6.45) is 2.27. The number of guanidine groups is 1. The lowest BCUT2D eigenvalue weighted by molar-refractivity contribution is -0.142. The minimum absolute atomic E-state index is 0.106. The van der Waals surface area contributed by atoms with Crippen molar-refractivity contribution < 1.29 is 39.0 Å². The lowest BCUT2D eigenvalue weighted by Crippen LogP contribution is -2.57. The molecule has 1 rings (SSSR count). The second-order valence-corrected chi connectivity index (χ2v) is 8.78. The smallest absolute Gasteiger partial charge is 0.327 e. The van der Waals surface area contributed by atoms with Crippen molar-refractivity contribution in [1.82, 2.24) is 31.2 Å². The van der Waals surface area contributed by atoms with Gasteiger partial charge in [0.25, 0.3) is 0 Å². The van der Waals surface area contributed by atoms with Gasteiger partial charge in [-0.2, -0.15) is 12.6 Å². The maximum Gasteiger partial charge on any atom is 0.327 e. The summed E-state index contributed by atoms with van der Waals surface area (Å²) in [5.74, 6) is -6.67. The lowest BCUT2D eigenvalue weighted by Gasteiger charge is -2.23. The third kappa shape index (κ3) is 12.9. The largest absolute Gasteiger partial charge is 0.481 e. The first kappa shape index (κ1) is 33.6. The zero-order chi connectivity index (χ0) is 30.2. The summed E-state index contributed by atoms with van der Waals surface area (Å²) in [7, 11) is 0. The van der Waals surface area contributed by atoms with E-state index in [4.69, 9.17) is 17.2 Å². The molecule has 0 saturated carbocycles. The average molecular weight is 587 g/mol. The predicted molar refractivity (Wildman–Crippen MR) is 143 cm³/mol. The van der Waals surface area contributed by atoms with Gasteiger partial charge in [-0.3, -0.25) is 29.0 Å². The molecule has 0 aliphatic rings. The molecule has 0 unspecified atom stereocenters. The molecular weight excluding hydrogens is 552 g/mol. The SMILES string of the molecule is NC(N)=NCCC[C@H](N)C(=O)NCC(=O)N[C@@H](CC(=O)O)C(=O)N[C@@H](Cc1cnc[nH]1)C(=O)N[C@@H](CS)C(=O)O. The quantitative estimate of drug-likeness (QED) is 0.0335. The summed E-state index contributed by atoms with van der Waals surface area (Å²) in [5.41, 5.74) is 16.6. The molecule has 0 aliphatic heterocycles. The molecule has 4 amide bonds. The molecule has 0 spiro atoms. The van der Waals surface area contributed by atoms with Gasteiger partial charge in [-0.15, -0.1) is 0 Å². The molecule has 1 heterocycles. The molecule has 0 radical (unpaired) electrons. The summed E-state index contributed by atoms with van der Waals surface area (Å²) in [6, 6.07) is -5.37. The molecule has 0 aromatic carbocycles. The van der Waals surface area contributed by atoms with Gasteiger partial charge in [0.05, 0.1) is 25.3 Å². The maximum atomic E-state index is 12.9. The molecule has 40 heavy (non-hydrogen) atoms. The Morgan fingerprint density at radius 1 is 1.00 bits per heavy atom. The average Bonchev–Trinajstić information content (AvgIpc) is 3.39. The monoisotopic (exact) mass is 586 g/mol. The number of carboxylic acids is 2. The van der Waals surface area contributed by atoms with E-state index in [1.165, 1.54) is 12.5 Å². The Morgan fingerprint density at radius 2 is 1.65 bits per heavy atom. The van der Waals surface area contributed by atoms with Crippen molar-refractivity contribution in [3.05, 3.63) is 18.2 Å². The fraction of sp³-hybridized carbons (Fsp3) is 0.524. The lowest BCUT2D eigenvalue weighted by atomic mass is 10.1. The summed E-state index contributed by atoms with van der Waals surface area (Å²) in [5, 5.41) is 27.4. The van der Waals surface area contributed by atoms with E-state index in [0.29, 0.717) is 12.1 Å². The molecule has 0 saturated heterocycles. The van der Waals surface area contributed by atoms with Crippen LogP contribution in [0, 0.1) is 0 Å². The minimum Gasteiger partial charge on any atom is -0.481 e. The number of nitrogens with two attached hydrogens (primary N) is 3. The number of hydrogen-bond donors (Lipinski definition) is 11. The van der Waals surface area contributed by atoms with Crippen LogP contribution < -0.4 is 38.5 Å². The Labute approximate surface area is 233 Å². The van der Waals surface area contributed by atoms with Crippen LogP contribution in [0.4, 0.5) is 0 Å². The highest BCUT2D eigenvalue weighted by Gasteiger charge is 2.31. The van der Waals surface area contributed by atoms with Gasteiger partial charge in [-0.1, -0.05) is 0 Å². The third-order valence-electron chi connectivity index (χ3n) is 5.17. The molecule has 0 fully saturated rings. The van der Waals surface area contributed by atoms with Crippen molar-refractivity contribution in [3.63, 3.8) is 0 Å². The number of aliphatic imine (C=N–C) groups is 1. The number of nitrogens with zero attached hydrogens (tertiary/aromatic N) is 2. The number of aromatic nitrogens is 2. The number of carbonyl (C=O) groups is 6. The molecule has 4 atom stereocenters. The summed E-state index contributed by atoms with van der Waals surface area (Å²) < 4.78 is 0.